The summed E-state index contributed by atoms with van der Waals surface area (Å²) in [5.74, 6) is 0.0893. The summed E-state index contributed by atoms with van der Waals surface area (Å²) in [6.45, 7) is 4.85. The van der Waals surface area contributed by atoms with Gasteiger partial charge in [0.05, 0.1) is 12.1 Å². The number of carbonyl (C=O) groups is 2. The molecule has 2 aromatic carbocycles. The molecule has 2 aromatic rings. The molecule has 6 nitrogen and oxygen atoms in total. The molecule has 1 atom stereocenters. The van der Waals surface area contributed by atoms with Crippen molar-refractivity contribution in [3.63, 3.8) is 0 Å². The van der Waals surface area contributed by atoms with Crippen molar-refractivity contribution >= 4 is 11.9 Å². The first-order valence-corrected chi connectivity index (χ1v) is 8.50. The summed E-state index contributed by atoms with van der Waals surface area (Å²) < 4.78 is 11.6. The van der Waals surface area contributed by atoms with E-state index in [-0.39, 0.29) is 17.6 Å². The van der Waals surface area contributed by atoms with E-state index < -0.39 is 5.97 Å². The van der Waals surface area contributed by atoms with Gasteiger partial charge in [-0.3, -0.25) is 4.79 Å². The van der Waals surface area contributed by atoms with Crippen LogP contribution in [0, 0.1) is 6.92 Å². The summed E-state index contributed by atoms with van der Waals surface area (Å²) in [6.07, 6.45) is -0.280. The van der Waals surface area contributed by atoms with E-state index in [4.69, 9.17) is 9.47 Å². The second-order valence-corrected chi connectivity index (χ2v) is 6.23. The summed E-state index contributed by atoms with van der Waals surface area (Å²) >= 11 is 0. The summed E-state index contributed by atoms with van der Waals surface area (Å²) in [7, 11) is 0. The number of fused-ring (bicyclic) bond motifs is 1. The number of carboxylic acids is 1. The van der Waals surface area contributed by atoms with Crippen molar-refractivity contribution in [1.82, 2.24) is 4.90 Å². The van der Waals surface area contributed by atoms with Gasteiger partial charge in [-0.05, 0) is 49.7 Å². The number of carbonyl (C=O) groups excluding carboxylic acids is 1. The highest BCUT2D eigenvalue weighted by atomic mass is 16.6. The first kappa shape index (κ1) is 17.8. The Kier molecular flexibility index (Phi) is 5.11. The Bertz CT molecular complexity index is 833. The number of nitrogens with zero attached hydrogens (tertiary/aromatic N) is 1. The van der Waals surface area contributed by atoms with E-state index in [1.54, 1.807) is 24.0 Å². The van der Waals surface area contributed by atoms with Gasteiger partial charge in [-0.25, -0.2) is 4.79 Å². The van der Waals surface area contributed by atoms with Crippen molar-refractivity contribution in [2.75, 3.05) is 19.7 Å². The number of ether oxygens (including phenoxy) is 2. The number of likely N-dealkylation sites (N-methyl/N-ethyl adjacent to an activating group) is 1. The van der Waals surface area contributed by atoms with Crippen LogP contribution in [0.4, 0.5) is 0 Å². The van der Waals surface area contributed by atoms with Crippen molar-refractivity contribution < 1.29 is 24.2 Å². The third-order valence-corrected chi connectivity index (χ3v) is 4.23. The zero-order valence-electron chi connectivity index (χ0n) is 14.8. The molecular formula is C20H21NO5. The maximum atomic E-state index is 12.9. The molecule has 0 aliphatic carbocycles. The van der Waals surface area contributed by atoms with Crippen LogP contribution < -0.4 is 9.47 Å². The predicted molar refractivity (Wildman–Crippen MR) is 96.1 cm³/mol. The lowest BCUT2D eigenvalue weighted by molar-refractivity contribution is 0.0475. The molecule has 0 saturated carbocycles. The van der Waals surface area contributed by atoms with E-state index in [9.17, 15) is 14.7 Å². The van der Waals surface area contributed by atoms with Crippen molar-refractivity contribution in [3.8, 4) is 11.5 Å². The van der Waals surface area contributed by atoms with Crippen molar-refractivity contribution in [3.05, 3.63) is 59.2 Å². The van der Waals surface area contributed by atoms with Crippen molar-refractivity contribution in [1.29, 1.82) is 0 Å². The molecule has 0 bridgehead atoms. The molecule has 6 heteroatoms. The minimum absolute atomic E-state index is 0.107. The highest BCUT2D eigenvalue weighted by Crippen LogP contribution is 2.31. The Balaban J connectivity index is 1.75. The molecule has 0 radical (unpaired) electrons. The summed E-state index contributed by atoms with van der Waals surface area (Å²) in [6, 6.07) is 12.1. The SMILES string of the molecule is CCN(CC1COc2ccccc2O1)C(=O)c1cc(C)cc(C(=O)O)c1. The zero-order valence-corrected chi connectivity index (χ0v) is 14.8. The third-order valence-electron chi connectivity index (χ3n) is 4.23. The molecule has 1 N–H and O–H groups in total. The maximum Gasteiger partial charge on any atom is 0.335 e. The lowest BCUT2D eigenvalue weighted by atomic mass is 10.1. The van der Waals surface area contributed by atoms with Gasteiger partial charge in [-0.2, -0.15) is 0 Å². The number of aryl methyl sites for hydroxylation is 1. The zero-order chi connectivity index (χ0) is 18.7. The topological polar surface area (TPSA) is 76.1 Å². The lowest BCUT2D eigenvalue weighted by Crippen LogP contribution is -2.43. The van der Waals surface area contributed by atoms with Gasteiger partial charge in [0.2, 0.25) is 0 Å². The minimum Gasteiger partial charge on any atom is -0.486 e. The fraction of sp³-hybridized carbons (Fsp3) is 0.300. The molecular weight excluding hydrogens is 334 g/mol. The van der Waals surface area contributed by atoms with Crippen molar-refractivity contribution in [2.24, 2.45) is 0 Å². The van der Waals surface area contributed by atoms with Gasteiger partial charge < -0.3 is 19.5 Å². The van der Waals surface area contributed by atoms with E-state index in [0.717, 1.165) is 5.56 Å². The standard InChI is InChI=1S/C20H21NO5/c1-3-21(11-16-12-25-17-6-4-5-7-18(17)26-16)19(22)14-8-13(2)9-15(10-14)20(23)24/h4-10,16H,3,11-12H2,1-2H3,(H,23,24). The van der Waals surface area contributed by atoms with Crippen molar-refractivity contribution in [2.45, 2.75) is 20.0 Å². The highest BCUT2D eigenvalue weighted by Gasteiger charge is 2.25. The molecule has 3 rings (SSSR count). The smallest absolute Gasteiger partial charge is 0.335 e. The Hall–Kier alpha value is -3.02. The number of benzene rings is 2. The quantitative estimate of drug-likeness (QED) is 0.892. The number of hydrogen-bond acceptors (Lipinski definition) is 4. The number of amides is 1. The first-order chi connectivity index (χ1) is 12.5. The molecule has 26 heavy (non-hydrogen) atoms. The molecule has 1 aliphatic rings. The third kappa shape index (κ3) is 3.79. The molecule has 1 aliphatic heterocycles. The van der Waals surface area contributed by atoms with Gasteiger partial charge in [0.1, 0.15) is 6.61 Å². The number of rotatable bonds is 5. The average molecular weight is 355 g/mol. The first-order valence-electron chi connectivity index (χ1n) is 8.50. The molecule has 0 fully saturated rings. The normalized spacial score (nSPS) is 15.4. The lowest BCUT2D eigenvalue weighted by Gasteiger charge is -2.31. The van der Waals surface area contributed by atoms with E-state index in [0.29, 0.717) is 36.8 Å². The Morgan fingerprint density at radius 2 is 1.85 bits per heavy atom. The fourth-order valence-corrected chi connectivity index (χ4v) is 2.97. The van der Waals surface area contributed by atoms with Gasteiger partial charge in [-0.1, -0.05) is 12.1 Å². The fourth-order valence-electron chi connectivity index (χ4n) is 2.97. The van der Waals surface area contributed by atoms with Gasteiger partial charge in [-0.15, -0.1) is 0 Å². The second kappa shape index (κ2) is 7.47. The van der Waals surface area contributed by atoms with Crippen LogP contribution in [0.5, 0.6) is 11.5 Å². The molecule has 136 valence electrons. The summed E-state index contributed by atoms with van der Waals surface area (Å²) in [5, 5.41) is 9.20. The van der Waals surface area contributed by atoms with Crippen LogP contribution in [0.25, 0.3) is 0 Å². The molecule has 1 heterocycles. The molecule has 0 spiro atoms. The molecule has 1 amide bonds. The van der Waals surface area contributed by atoms with Crippen LogP contribution >= 0.6 is 0 Å². The van der Waals surface area contributed by atoms with Crippen LogP contribution in [0.1, 0.15) is 33.2 Å². The number of carboxylic acid groups (broad SMARTS) is 1. The van der Waals surface area contributed by atoms with Crippen LogP contribution in [-0.2, 0) is 0 Å². The van der Waals surface area contributed by atoms with Crippen LogP contribution in [-0.4, -0.2) is 47.7 Å². The van der Waals surface area contributed by atoms with E-state index >= 15 is 0 Å². The highest BCUT2D eigenvalue weighted by molar-refractivity contribution is 5.97. The molecule has 0 aromatic heterocycles. The Morgan fingerprint density at radius 1 is 1.15 bits per heavy atom. The Morgan fingerprint density at radius 3 is 2.54 bits per heavy atom. The van der Waals surface area contributed by atoms with Gasteiger partial charge in [0.25, 0.3) is 5.91 Å². The maximum absolute atomic E-state index is 12.9. The van der Waals surface area contributed by atoms with Gasteiger partial charge in [0.15, 0.2) is 17.6 Å². The number of para-hydroxylation sites is 2. The summed E-state index contributed by atoms with van der Waals surface area (Å²) in [5.41, 5.74) is 1.20. The van der Waals surface area contributed by atoms with Crippen LogP contribution in [0.2, 0.25) is 0 Å². The Labute approximate surface area is 152 Å². The van der Waals surface area contributed by atoms with E-state index in [1.165, 1.54) is 6.07 Å². The minimum atomic E-state index is -1.05. The monoisotopic (exact) mass is 355 g/mol. The summed E-state index contributed by atoms with van der Waals surface area (Å²) in [4.78, 5) is 25.7. The van der Waals surface area contributed by atoms with Crippen LogP contribution in [0.3, 0.4) is 0 Å². The number of hydrogen-bond donors (Lipinski definition) is 1. The van der Waals surface area contributed by atoms with Gasteiger partial charge >= 0.3 is 5.97 Å². The predicted octanol–water partition coefficient (Wildman–Crippen LogP) is 3.00. The number of aromatic carboxylic acids is 1. The largest absolute Gasteiger partial charge is 0.486 e. The molecule has 1 unspecified atom stereocenters. The average Bonchev–Trinajstić information content (AvgIpc) is 2.64. The van der Waals surface area contributed by atoms with E-state index in [1.807, 2.05) is 31.2 Å². The van der Waals surface area contributed by atoms with Gasteiger partial charge in [0, 0.05) is 12.1 Å². The molecule has 0 saturated heterocycles. The van der Waals surface area contributed by atoms with Crippen LogP contribution in [0.15, 0.2) is 42.5 Å². The second-order valence-electron chi connectivity index (χ2n) is 6.23. The van der Waals surface area contributed by atoms with E-state index in [2.05, 4.69) is 0 Å².